The Morgan fingerprint density at radius 3 is 2.35 bits per heavy atom. The Labute approximate surface area is 195 Å². The highest BCUT2D eigenvalue weighted by molar-refractivity contribution is 6.16. The van der Waals surface area contributed by atoms with Crippen LogP contribution in [0.25, 0.3) is 0 Å². The quantitative estimate of drug-likeness (QED) is 0.331. The highest BCUT2D eigenvalue weighted by atomic mass is 16.7. The molecule has 6 atom stereocenters. The molecule has 0 saturated carbocycles. The first-order valence-electron chi connectivity index (χ1n) is 10.8. The molecule has 0 aromatic heterocycles. The number of esters is 1. The fraction of sp³-hybridized carbons (Fsp3) is 0.360. The van der Waals surface area contributed by atoms with Crippen molar-refractivity contribution < 1.29 is 44.6 Å². The average Bonchev–Trinajstić information content (AvgIpc) is 2.73. The molecule has 0 bridgehead atoms. The summed E-state index contributed by atoms with van der Waals surface area (Å²) in [6.45, 7) is 5.05. The lowest BCUT2D eigenvalue weighted by Crippen LogP contribution is -2.60. The van der Waals surface area contributed by atoms with Gasteiger partial charge in [0, 0.05) is 12.0 Å². The minimum Gasteiger partial charge on any atom is -0.507 e. The highest BCUT2D eigenvalue weighted by Gasteiger charge is 2.51. The van der Waals surface area contributed by atoms with Gasteiger partial charge in [-0.1, -0.05) is 23.8 Å². The Bertz CT molecular complexity index is 1180. The molecule has 2 aliphatic rings. The van der Waals surface area contributed by atoms with Gasteiger partial charge >= 0.3 is 5.97 Å². The van der Waals surface area contributed by atoms with E-state index in [4.69, 9.17) is 9.47 Å². The second-order valence-corrected chi connectivity index (χ2v) is 8.89. The van der Waals surface area contributed by atoms with Crippen LogP contribution >= 0.6 is 0 Å². The summed E-state index contributed by atoms with van der Waals surface area (Å²) >= 11 is 0. The van der Waals surface area contributed by atoms with Gasteiger partial charge in [0.15, 0.2) is 12.4 Å². The monoisotopic (exact) mass is 470 g/mol. The largest absolute Gasteiger partial charge is 0.507 e. The third-order valence-electron chi connectivity index (χ3n) is 6.08. The van der Waals surface area contributed by atoms with Crippen molar-refractivity contribution in [2.45, 2.75) is 57.4 Å². The van der Waals surface area contributed by atoms with Crippen molar-refractivity contribution >= 4 is 11.8 Å². The molecule has 1 saturated heterocycles. The number of hydrogen-bond donors (Lipinski definition) is 5. The van der Waals surface area contributed by atoms with Crippen LogP contribution in [0.3, 0.4) is 0 Å². The number of aliphatic hydroxyl groups excluding tert-OH is 3. The van der Waals surface area contributed by atoms with E-state index < -0.39 is 48.4 Å². The van der Waals surface area contributed by atoms with Crippen LogP contribution < -0.4 is 0 Å². The van der Waals surface area contributed by atoms with E-state index in [1.165, 1.54) is 24.3 Å². The molecule has 0 spiro atoms. The Balaban J connectivity index is 1.79. The van der Waals surface area contributed by atoms with Crippen LogP contribution in [0, 0.1) is 6.92 Å². The Morgan fingerprint density at radius 2 is 1.68 bits per heavy atom. The van der Waals surface area contributed by atoms with Gasteiger partial charge in [0.2, 0.25) is 5.78 Å². The van der Waals surface area contributed by atoms with Crippen molar-refractivity contribution in [1.29, 1.82) is 0 Å². The lowest BCUT2D eigenvalue weighted by molar-refractivity contribution is -0.287. The standard InChI is InChI=1S/C25H26O9/c1-10(2)7-16(28)33-24-22(31)21(30)23(34-25(24)32)17-12-5-4-6-14(26)18(12)20(29)19-13(17)8-11(3)9-15(19)27/h4-9,17,21-27,30-32H,1-3H3/t17-,21+,22+,23+,24+,25-/m0/s1. The predicted octanol–water partition coefficient (Wildman–Crippen LogP) is 1.40. The van der Waals surface area contributed by atoms with Crippen LogP contribution in [0.15, 0.2) is 42.0 Å². The van der Waals surface area contributed by atoms with E-state index in [0.29, 0.717) is 22.3 Å². The van der Waals surface area contributed by atoms with E-state index in [9.17, 15) is 35.1 Å². The molecule has 4 rings (SSSR count). The zero-order valence-corrected chi connectivity index (χ0v) is 18.8. The van der Waals surface area contributed by atoms with Gasteiger partial charge in [-0.25, -0.2) is 4.79 Å². The molecule has 2 aromatic carbocycles. The summed E-state index contributed by atoms with van der Waals surface area (Å²) in [6, 6.07) is 7.45. The van der Waals surface area contributed by atoms with E-state index in [1.807, 2.05) is 0 Å². The van der Waals surface area contributed by atoms with Gasteiger partial charge in [-0.3, -0.25) is 4.79 Å². The van der Waals surface area contributed by atoms with Crippen LogP contribution in [0.5, 0.6) is 11.5 Å². The number of ether oxygens (including phenoxy) is 2. The molecule has 1 fully saturated rings. The zero-order valence-electron chi connectivity index (χ0n) is 18.8. The average molecular weight is 470 g/mol. The number of carbonyl (C=O) groups excluding carboxylic acids is 2. The first-order chi connectivity index (χ1) is 16.0. The summed E-state index contributed by atoms with van der Waals surface area (Å²) in [7, 11) is 0. The van der Waals surface area contributed by atoms with Crippen LogP contribution in [-0.2, 0) is 14.3 Å². The molecule has 34 heavy (non-hydrogen) atoms. The van der Waals surface area contributed by atoms with E-state index in [2.05, 4.69) is 0 Å². The summed E-state index contributed by atoms with van der Waals surface area (Å²) in [4.78, 5) is 25.2. The number of aliphatic hydroxyl groups is 3. The molecule has 9 heteroatoms. The van der Waals surface area contributed by atoms with Crippen LogP contribution in [0.2, 0.25) is 0 Å². The highest BCUT2D eigenvalue weighted by Crippen LogP contribution is 2.47. The van der Waals surface area contributed by atoms with Crippen molar-refractivity contribution in [2.24, 2.45) is 0 Å². The van der Waals surface area contributed by atoms with Gasteiger partial charge in [0.1, 0.15) is 29.8 Å². The Morgan fingerprint density at radius 1 is 1.00 bits per heavy atom. The second kappa shape index (κ2) is 8.84. The smallest absolute Gasteiger partial charge is 0.331 e. The number of hydrogen-bond acceptors (Lipinski definition) is 9. The SMILES string of the molecule is CC(C)=CC(=O)O[C@@H]1[C@H](O)[C@@H](O)[C@@H]([C@H]2c3cccc(O)c3C(=O)c3c(O)cc(C)cc32)O[C@@H]1O. The minimum atomic E-state index is -1.79. The molecule has 180 valence electrons. The summed E-state index contributed by atoms with van der Waals surface area (Å²) in [6.07, 6.45) is -6.87. The molecule has 0 radical (unpaired) electrons. The Hall–Kier alpha value is -3.24. The number of aromatic hydroxyl groups is 2. The summed E-state index contributed by atoms with van der Waals surface area (Å²) in [5, 5.41) is 53.3. The Kier molecular flexibility index (Phi) is 6.22. The molecule has 1 aliphatic heterocycles. The molecular formula is C25H26O9. The van der Waals surface area contributed by atoms with Gasteiger partial charge in [0.05, 0.1) is 11.1 Å². The lowest BCUT2D eigenvalue weighted by atomic mass is 9.71. The summed E-state index contributed by atoms with van der Waals surface area (Å²) < 4.78 is 10.8. The minimum absolute atomic E-state index is 0.0681. The van der Waals surface area contributed by atoms with Crippen molar-refractivity contribution in [2.75, 3.05) is 0 Å². The number of carbonyl (C=O) groups is 2. The number of allylic oxidation sites excluding steroid dienone is 1. The maximum absolute atomic E-state index is 13.2. The van der Waals surface area contributed by atoms with Crippen LogP contribution in [-0.4, -0.2) is 68.0 Å². The van der Waals surface area contributed by atoms with E-state index >= 15 is 0 Å². The van der Waals surface area contributed by atoms with E-state index in [-0.39, 0.29) is 22.6 Å². The molecule has 9 nitrogen and oxygen atoms in total. The first-order valence-corrected chi connectivity index (χ1v) is 10.8. The fourth-order valence-electron chi connectivity index (χ4n) is 4.68. The number of aryl methyl sites for hydroxylation is 1. The maximum atomic E-state index is 13.2. The van der Waals surface area contributed by atoms with Gasteiger partial charge in [-0.2, -0.15) is 0 Å². The number of rotatable bonds is 3. The van der Waals surface area contributed by atoms with Crippen molar-refractivity contribution in [1.82, 2.24) is 0 Å². The number of benzene rings is 2. The third-order valence-corrected chi connectivity index (χ3v) is 6.08. The number of ketones is 1. The van der Waals surface area contributed by atoms with Crippen molar-refractivity contribution in [3.8, 4) is 11.5 Å². The topological polar surface area (TPSA) is 154 Å². The predicted molar refractivity (Wildman–Crippen MR) is 118 cm³/mol. The molecule has 1 aliphatic carbocycles. The fourth-order valence-corrected chi connectivity index (χ4v) is 4.68. The normalized spacial score (nSPS) is 28.0. The molecular weight excluding hydrogens is 444 g/mol. The summed E-state index contributed by atoms with van der Waals surface area (Å²) in [5.41, 5.74) is 1.73. The van der Waals surface area contributed by atoms with E-state index in [1.54, 1.807) is 32.9 Å². The van der Waals surface area contributed by atoms with Gasteiger partial charge < -0.3 is 35.0 Å². The van der Waals surface area contributed by atoms with Crippen molar-refractivity contribution in [3.05, 3.63) is 69.8 Å². The lowest BCUT2D eigenvalue weighted by Gasteiger charge is -2.44. The van der Waals surface area contributed by atoms with E-state index in [0.717, 1.165) is 0 Å². The van der Waals surface area contributed by atoms with Gasteiger partial charge in [-0.15, -0.1) is 0 Å². The molecule has 0 unspecified atom stereocenters. The van der Waals surface area contributed by atoms with Gasteiger partial charge in [-0.05, 0) is 49.6 Å². The number of fused-ring (bicyclic) bond motifs is 2. The first kappa shape index (κ1) is 23.9. The maximum Gasteiger partial charge on any atom is 0.331 e. The zero-order chi connectivity index (χ0) is 24.9. The third kappa shape index (κ3) is 3.97. The van der Waals surface area contributed by atoms with Crippen LogP contribution in [0.1, 0.15) is 52.4 Å². The van der Waals surface area contributed by atoms with Crippen molar-refractivity contribution in [3.63, 3.8) is 0 Å². The number of phenols is 2. The van der Waals surface area contributed by atoms with Crippen LogP contribution in [0.4, 0.5) is 0 Å². The molecule has 1 heterocycles. The summed E-state index contributed by atoms with van der Waals surface area (Å²) in [5.74, 6) is -3.00. The number of phenolic OH excluding ortho intramolecular Hbond substituents is 2. The van der Waals surface area contributed by atoms with Gasteiger partial charge in [0.25, 0.3) is 0 Å². The second-order valence-electron chi connectivity index (χ2n) is 8.89. The molecule has 5 N–H and O–H groups in total. The molecule has 0 amide bonds. The molecule has 2 aromatic rings.